The van der Waals surface area contributed by atoms with Crippen molar-refractivity contribution < 1.29 is 35.9 Å². The summed E-state index contributed by atoms with van der Waals surface area (Å²) in [6.45, 7) is 1.31. The van der Waals surface area contributed by atoms with Crippen molar-refractivity contribution in [3.63, 3.8) is 0 Å². The molecule has 0 unspecified atom stereocenters. The van der Waals surface area contributed by atoms with E-state index in [1.165, 1.54) is 43.5 Å². The molecule has 2 N–H and O–H groups in total. The van der Waals surface area contributed by atoms with Crippen LogP contribution in [0.5, 0.6) is 0 Å². The van der Waals surface area contributed by atoms with Gasteiger partial charge in [-0.2, -0.15) is 13.2 Å². The van der Waals surface area contributed by atoms with Crippen LogP contribution in [0.1, 0.15) is 21.5 Å². The van der Waals surface area contributed by atoms with Crippen molar-refractivity contribution in [2.75, 3.05) is 36.4 Å². The Morgan fingerprint density at radius 2 is 1.69 bits per heavy atom. The third-order valence-corrected chi connectivity index (χ3v) is 7.59. The van der Waals surface area contributed by atoms with Crippen molar-refractivity contribution in [1.82, 2.24) is 5.32 Å². The summed E-state index contributed by atoms with van der Waals surface area (Å²) in [5.74, 6) is -1.41. The molecule has 0 bridgehead atoms. The Morgan fingerprint density at radius 1 is 1.03 bits per heavy atom. The van der Waals surface area contributed by atoms with Gasteiger partial charge in [0.25, 0.3) is 15.9 Å². The Kier molecular flexibility index (Phi) is 9.59. The number of ether oxygens (including phenoxy) is 1. The predicted molar refractivity (Wildman–Crippen MR) is 141 cm³/mol. The Bertz CT molecular complexity index is 1450. The number of anilines is 2. The molecule has 3 aromatic carbocycles. The SMILES string of the molecule is COCCNC(=O)c1ccccc1NC(=O)CN(c1ccc(Cl)c(C(F)(F)F)c1)S(=O)(=O)c1ccc(C)cc1. The number of rotatable bonds is 10. The minimum Gasteiger partial charge on any atom is -0.383 e. The zero-order valence-electron chi connectivity index (χ0n) is 20.9. The summed E-state index contributed by atoms with van der Waals surface area (Å²) in [5, 5.41) is 4.47. The van der Waals surface area contributed by atoms with Crippen LogP contribution in [0.25, 0.3) is 0 Å². The Balaban J connectivity index is 1.99. The first-order valence-corrected chi connectivity index (χ1v) is 13.3. The van der Waals surface area contributed by atoms with Gasteiger partial charge in [0, 0.05) is 13.7 Å². The van der Waals surface area contributed by atoms with Crippen molar-refractivity contribution in [3.8, 4) is 0 Å². The lowest BCUT2D eigenvalue weighted by atomic mass is 10.1. The summed E-state index contributed by atoms with van der Waals surface area (Å²) >= 11 is 5.73. The van der Waals surface area contributed by atoms with E-state index in [-0.39, 0.29) is 29.3 Å². The zero-order chi connectivity index (χ0) is 28.8. The topological polar surface area (TPSA) is 105 Å². The zero-order valence-corrected chi connectivity index (χ0v) is 22.5. The van der Waals surface area contributed by atoms with Crippen molar-refractivity contribution in [2.45, 2.75) is 18.0 Å². The van der Waals surface area contributed by atoms with E-state index in [0.717, 1.165) is 17.7 Å². The molecule has 0 radical (unpaired) electrons. The maximum atomic E-state index is 13.6. The van der Waals surface area contributed by atoms with E-state index in [0.29, 0.717) is 10.4 Å². The Labute approximate surface area is 228 Å². The molecule has 0 atom stereocenters. The van der Waals surface area contributed by atoms with E-state index in [2.05, 4.69) is 10.6 Å². The van der Waals surface area contributed by atoms with Crippen LogP contribution in [0.4, 0.5) is 24.5 Å². The molecule has 0 saturated heterocycles. The smallest absolute Gasteiger partial charge is 0.383 e. The predicted octanol–water partition coefficient (Wildman–Crippen LogP) is 4.88. The summed E-state index contributed by atoms with van der Waals surface area (Å²) in [6.07, 6.45) is -4.87. The van der Waals surface area contributed by atoms with Gasteiger partial charge < -0.3 is 15.4 Å². The first-order valence-electron chi connectivity index (χ1n) is 11.5. The number of amides is 2. The molecule has 13 heteroatoms. The second-order valence-electron chi connectivity index (χ2n) is 8.33. The fourth-order valence-corrected chi connectivity index (χ4v) is 5.15. The van der Waals surface area contributed by atoms with Gasteiger partial charge in [0.1, 0.15) is 6.54 Å². The van der Waals surface area contributed by atoms with Crippen LogP contribution in [0.2, 0.25) is 5.02 Å². The van der Waals surface area contributed by atoms with Gasteiger partial charge in [0.2, 0.25) is 5.91 Å². The molecule has 8 nitrogen and oxygen atoms in total. The molecule has 39 heavy (non-hydrogen) atoms. The molecule has 2 amide bonds. The summed E-state index contributed by atoms with van der Waals surface area (Å²) in [5.41, 5.74) is -0.750. The molecular formula is C26H25ClF3N3O5S. The highest BCUT2D eigenvalue weighted by atomic mass is 35.5. The summed E-state index contributed by atoms with van der Waals surface area (Å²) in [7, 11) is -3.04. The Hall–Kier alpha value is -3.61. The molecule has 3 aromatic rings. The molecule has 0 aliphatic heterocycles. The number of para-hydroxylation sites is 1. The van der Waals surface area contributed by atoms with Gasteiger partial charge >= 0.3 is 6.18 Å². The van der Waals surface area contributed by atoms with Crippen molar-refractivity contribution >= 4 is 44.8 Å². The monoisotopic (exact) mass is 583 g/mol. The number of halogens is 4. The third-order valence-electron chi connectivity index (χ3n) is 5.48. The van der Waals surface area contributed by atoms with E-state index in [1.54, 1.807) is 19.1 Å². The van der Waals surface area contributed by atoms with Crippen LogP contribution >= 0.6 is 11.6 Å². The van der Waals surface area contributed by atoms with E-state index < -0.39 is 50.8 Å². The molecule has 0 heterocycles. The van der Waals surface area contributed by atoms with Gasteiger partial charge in [-0.15, -0.1) is 0 Å². The van der Waals surface area contributed by atoms with E-state index in [1.807, 2.05) is 0 Å². The largest absolute Gasteiger partial charge is 0.417 e. The maximum Gasteiger partial charge on any atom is 0.417 e. The molecule has 0 aliphatic rings. The number of carbonyl (C=O) groups excluding carboxylic acids is 2. The number of nitrogens with one attached hydrogen (secondary N) is 2. The van der Waals surface area contributed by atoms with E-state index >= 15 is 0 Å². The summed E-state index contributed by atoms with van der Waals surface area (Å²) in [6, 6.07) is 14.2. The van der Waals surface area contributed by atoms with Crippen molar-refractivity contribution in [2.24, 2.45) is 0 Å². The lowest BCUT2D eigenvalue weighted by molar-refractivity contribution is -0.137. The number of nitrogens with zero attached hydrogens (tertiary/aromatic N) is 1. The number of sulfonamides is 1. The minimum absolute atomic E-state index is 0.0807. The first kappa shape index (κ1) is 29.9. The number of carbonyl (C=O) groups is 2. The van der Waals surface area contributed by atoms with Crippen molar-refractivity contribution in [3.05, 3.63) is 88.4 Å². The van der Waals surface area contributed by atoms with Crippen LogP contribution in [-0.4, -0.2) is 47.0 Å². The first-order chi connectivity index (χ1) is 18.3. The number of methoxy groups -OCH3 is 1. The standard InChI is InChI=1S/C26H25ClF3N3O5S/c1-17-7-10-19(11-8-17)39(36,37)33(18-9-12-22(27)21(15-18)26(28,29)30)16-24(34)32-23-6-4-3-5-20(23)25(35)31-13-14-38-2/h3-12,15H,13-14,16H2,1-2H3,(H,31,35)(H,32,34). The van der Waals surface area contributed by atoms with E-state index in [9.17, 15) is 31.2 Å². The molecule has 0 saturated carbocycles. The summed E-state index contributed by atoms with van der Waals surface area (Å²) < 4.78 is 73.2. The normalized spacial score (nSPS) is 11.6. The van der Waals surface area contributed by atoms with Gasteiger partial charge in [-0.25, -0.2) is 8.42 Å². The average Bonchev–Trinajstić information content (AvgIpc) is 2.87. The summed E-state index contributed by atoms with van der Waals surface area (Å²) in [4.78, 5) is 25.4. The minimum atomic E-state index is -4.87. The Morgan fingerprint density at radius 3 is 2.33 bits per heavy atom. The molecule has 208 valence electrons. The quantitative estimate of drug-likeness (QED) is 0.331. The van der Waals surface area contributed by atoms with Crippen LogP contribution in [0.15, 0.2) is 71.6 Å². The number of hydrogen-bond donors (Lipinski definition) is 2. The molecule has 0 spiro atoms. The van der Waals surface area contributed by atoms with Gasteiger partial charge in [-0.1, -0.05) is 41.4 Å². The lowest BCUT2D eigenvalue weighted by Crippen LogP contribution is -2.38. The van der Waals surface area contributed by atoms with Crippen LogP contribution in [0.3, 0.4) is 0 Å². The number of hydrogen-bond acceptors (Lipinski definition) is 5. The van der Waals surface area contributed by atoms with Crippen molar-refractivity contribution in [1.29, 1.82) is 0 Å². The molecule has 0 fully saturated rings. The highest BCUT2D eigenvalue weighted by molar-refractivity contribution is 7.92. The fraction of sp³-hybridized carbons (Fsp3) is 0.231. The molecule has 3 rings (SSSR count). The number of benzene rings is 3. The van der Waals surface area contributed by atoms with Gasteiger partial charge in [0.05, 0.1) is 39.0 Å². The molecule has 0 aliphatic carbocycles. The third kappa shape index (κ3) is 7.49. The second kappa shape index (κ2) is 12.5. The number of alkyl halides is 3. The fourth-order valence-electron chi connectivity index (χ4n) is 3.51. The van der Waals surface area contributed by atoms with E-state index in [4.69, 9.17) is 16.3 Å². The molecular weight excluding hydrogens is 559 g/mol. The molecule has 0 aromatic heterocycles. The van der Waals surface area contributed by atoms with Crippen LogP contribution < -0.4 is 14.9 Å². The lowest BCUT2D eigenvalue weighted by Gasteiger charge is -2.25. The number of aryl methyl sites for hydroxylation is 1. The van der Waals surface area contributed by atoms with Crippen LogP contribution in [0, 0.1) is 6.92 Å². The highest BCUT2D eigenvalue weighted by Gasteiger charge is 2.35. The maximum absolute atomic E-state index is 13.6. The average molecular weight is 584 g/mol. The van der Waals surface area contributed by atoms with Crippen LogP contribution in [-0.2, 0) is 25.7 Å². The van der Waals surface area contributed by atoms with Gasteiger partial charge in [-0.3, -0.25) is 13.9 Å². The second-order valence-corrected chi connectivity index (χ2v) is 10.6. The van der Waals surface area contributed by atoms with Gasteiger partial charge in [0.15, 0.2) is 0 Å². The highest BCUT2D eigenvalue weighted by Crippen LogP contribution is 2.38. The van der Waals surface area contributed by atoms with Gasteiger partial charge in [-0.05, 0) is 49.4 Å².